The van der Waals surface area contributed by atoms with E-state index in [1.165, 1.54) is 51.6 Å². The van der Waals surface area contributed by atoms with Gasteiger partial charge >= 0.3 is 0 Å². The molecule has 4 aliphatic rings. The molecular weight excluding hydrogens is 220 g/mol. The van der Waals surface area contributed by atoms with Crippen molar-refractivity contribution in [2.75, 3.05) is 19.6 Å². The summed E-state index contributed by atoms with van der Waals surface area (Å²) in [5.74, 6) is 0.868. The van der Waals surface area contributed by atoms with Crippen molar-refractivity contribution in [3.8, 4) is 0 Å². The molecule has 2 nitrogen and oxygen atoms in total. The van der Waals surface area contributed by atoms with Crippen LogP contribution in [0.1, 0.15) is 59.3 Å². The zero-order chi connectivity index (χ0) is 12.9. The van der Waals surface area contributed by atoms with Gasteiger partial charge in [0.2, 0.25) is 0 Å². The monoisotopic (exact) mass is 250 g/mol. The van der Waals surface area contributed by atoms with E-state index < -0.39 is 0 Å². The lowest BCUT2D eigenvalue weighted by Crippen LogP contribution is -2.59. The van der Waals surface area contributed by atoms with Crippen LogP contribution in [0.5, 0.6) is 0 Å². The third kappa shape index (κ3) is 1.84. The molecule has 0 aromatic carbocycles. The lowest BCUT2D eigenvalue weighted by molar-refractivity contribution is 0.0362. The Morgan fingerprint density at radius 1 is 0.889 bits per heavy atom. The molecule has 4 fully saturated rings. The van der Waals surface area contributed by atoms with Crippen molar-refractivity contribution in [3.05, 3.63) is 0 Å². The summed E-state index contributed by atoms with van der Waals surface area (Å²) in [6.45, 7) is 11.2. The largest absolute Gasteiger partial charge is 0.314 e. The van der Waals surface area contributed by atoms with Gasteiger partial charge < -0.3 is 10.6 Å². The summed E-state index contributed by atoms with van der Waals surface area (Å²) in [7, 11) is 0. The molecular formula is C16H30N2. The van der Waals surface area contributed by atoms with Gasteiger partial charge in [-0.05, 0) is 62.3 Å². The molecule has 0 spiro atoms. The summed E-state index contributed by atoms with van der Waals surface area (Å²) in [5, 5.41) is 7.71. The van der Waals surface area contributed by atoms with Crippen molar-refractivity contribution < 1.29 is 0 Å². The number of hydrogen-bond donors (Lipinski definition) is 2. The van der Waals surface area contributed by atoms with Gasteiger partial charge in [-0.1, -0.05) is 20.3 Å². The summed E-state index contributed by atoms with van der Waals surface area (Å²) < 4.78 is 0. The highest BCUT2D eigenvalue weighted by atomic mass is 15.1. The van der Waals surface area contributed by atoms with E-state index in [1.54, 1.807) is 0 Å². The van der Waals surface area contributed by atoms with Crippen LogP contribution in [0, 0.1) is 16.7 Å². The van der Waals surface area contributed by atoms with E-state index >= 15 is 0 Å². The first-order valence-corrected chi connectivity index (χ1v) is 7.93. The van der Waals surface area contributed by atoms with E-state index in [-0.39, 0.29) is 0 Å². The van der Waals surface area contributed by atoms with E-state index in [2.05, 4.69) is 31.4 Å². The van der Waals surface area contributed by atoms with Gasteiger partial charge in [-0.2, -0.15) is 0 Å². The lowest BCUT2D eigenvalue weighted by Gasteiger charge is -2.49. The average molecular weight is 250 g/mol. The zero-order valence-electron chi connectivity index (χ0n) is 12.4. The van der Waals surface area contributed by atoms with E-state index in [4.69, 9.17) is 0 Å². The van der Waals surface area contributed by atoms with Crippen molar-refractivity contribution in [1.82, 2.24) is 10.6 Å². The average Bonchev–Trinajstić information content (AvgIpc) is 2.47. The molecule has 1 aliphatic carbocycles. The Balaban J connectivity index is 2.03. The maximum absolute atomic E-state index is 3.90. The highest BCUT2D eigenvalue weighted by molar-refractivity contribution is 5.05. The fourth-order valence-corrected chi connectivity index (χ4v) is 4.92. The molecule has 18 heavy (non-hydrogen) atoms. The fraction of sp³-hybridized carbons (Fsp3) is 1.00. The summed E-state index contributed by atoms with van der Waals surface area (Å²) >= 11 is 0. The quantitative estimate of drug-likeness (QED) is 0.691. The van der Waals surface area contributed by atoms with Crippen molar-refractivity contribution in [3.63, 3.8) is 0 Å². The van der Waals surface area contributed by atoms with Crippen LogP contribution in [-0.4, -0.2) is 25.2 Å². The minimum absolute atomic E-state index is 0.330. The molecule has 3 saturated heterocycles. The van der Waals surface area contributed by atoms with Gasteiger partial charge in [0.25, 0.3) is 0 Å². The molecule has 3 aliphatic heterocycles. The first-order chi connectivity index (χ1) is 8.48. The Morgan fingerprint density at radius 3 is 2.56 bits per heavy atom. The van der Waals surface area contributed by atoms with E-state index in [0.29, 0.717) is 16.4 Å². The maximum atomic E-state index is 3.90. The molecule has 4 rings (SSSR count). The molecule has 0 aromatic heterocycles. The number of rotatable bonds is 0. The predicted molar refractivity (Wildman–Crippen MR) is 76.7 cm³/mol. The van der Waals surface area contributed by atoms with Gasteiger partial charge in [0.15, 0.2) is 0 Å². The summed E-state index contributed by atoms with van der Waals surface area (Å²) in [5.41, 5.74) is 1.35. The molecule has 4 atom stereocenters. The number of nitrogens with one attached hydrogen (secondary N) is 2. The molecule has 0 aromatic rings. The second-order valence-electron chi connectivity index (χ2n) is 7.95. The third-order valence-corrected chi connectivity index (χ3v) is 6.90. The molecule has 1 saturated carbocycles. The molecule has 4 bridgehead atoms. The summed E-state index contributed by atoms with van der Waals surface area (Å²) in [6.07, 6.45) is 8.51. The van der Waals surface area contributed by atoms with E-state index in [9.17, 15) is 0 Å². The highest BCUT2D eigenvalue weighted by Crippen LogP contribution is 2.53. The van der Waals surface area contributed by atoms with Crippen LogP contribution in [-0.2, 0) is 0 Å². The van der Waals surface area contributed by atoms with Crippen LogP contribution in [0.25, 0.3) is 0 Å². The molecule has 4 unspecified atom stereocenters. The highest BCUT2D eigenvalue weighted by Gasteiger charge is 2.49. The van der Waals surface area contributed by atoms with Crippen LogP contribution in [0.15, 0.2) is 0 Å². The Morgan fingerprint density at radius 2 is 1.72 bits per heavy atom. The Bertz CT molecular complexity index is 313. The number of fused-ring (bicyclic) bond motifs is 4. The fourth-order valence-electron chi connectivity index (χ4n) is 4.92. The first-order valence-electron chi connectivity index (χ1n) is 7.93. The number of hydrogen-bond acceptors (Lipinski definition) is 2. The van der Waals surface area contributed by atoms with Gasteiger partial charge in [0, 0.05) is 18.6 Å². The molecule has 2 N–H and O–H groups in total. The van der Waals surface area contributed by atoms with Gasteiger partial charge in [-0.15, -0.1) is 0 Å². The van der Waals surface area contributed by atoms with Crippen LogP contribution >= 0.6 is 0 Å². The Hall–Kier alpha value is -0.0800. The van der Waals surface area contributed by atoms with Crippen molar-refractivity contribution in [2.24, 2.45) is 16.7 Å². The smallest absolute Gasteiger partial charge is 0.0306 e. The van der Waals surface area contributed by atoms with Gasteiger partial charge in [-0.3, -0.25) is 0 Å². The van der Waals surface area contributed by atoms with Crippen molar-refractivity contribution in [2.45, 2.75) is 64.8 Å². The SMILES string of the molecule is CC12CNCC(C)(CCN1)C1(C)CCCC2CC1. The Kier molecular flexibility index (Phi) is 3.02. The summed E-state index contributed by atoms with van der Waals surface area (Å²) in [4.78, 5) is 0. The zero-order valence-corrected chi connectivity index (χ0v) is 12.4. The van der Waals surface area contributed by atoms with E-state index in [1.807, 2.05) is 0 Å². The Labute approximate surface area is 112 Å². The minimum Gasteiger partial charge on any atom is -0.314 e. The van der Waals surface area contributed by atoms with Crippen LogP contribution < -0.4 is 10.6 Å². The maximum Gasteiger partial charge on any atom is 0.0306 e. The van der Waals surface area contributed by atoms with Gasteiger partial charge in [0.05, 0.1) is 0 Å². The van der Waals surface area contributed by atoms with Crippen LogP contribution in [0.4, 0.5) is 0 Å². The second kappa shape index (κ2) is 4.21. The summed E-state index contributed by atoms with van der Waals surface area (Å²) in [6, 6.07) is 0. The van der Waals surface area contributed by atoms with Crippen molar-refractivity contribution >= 4 is 0 Å². The second-order valence-corrected chi connectivity index (χ2v) is 7.95. The van der Waals surface area contributed by atoms with Gasteiger partial charge in [0.1, 0.15) is 0 Å². The topological polar surface area (TPSA) is 24.1 Å². The van der Waals surface area contributed by atoms with Crippen LogP contribution in [0.3, 0.4) is 0 Å². The van der Waals surface area contributed by atoms with Crippen molar-refractivity contribution in [1.29, 1.82) is 0 Å². The molecule has 0 radical (unpaired) electrons. The minimum atomic E-state index is 0.330. The van der Waals surface area contributed by atoms with E-state index in [0.717, 1.165) is 12.5 Å². The molecule has 104 valence electrons. The molecule has 2 heteroatoms. The molecule has 3 heterocycles. The molecule has 0 amide bonds. The predicted octanol–water partition coefficient (Wildman–Crippen LogP) is 2.93. The normalized spacial score (nSPS) is 53.2. The first kappa shape index (κ1) is 12.9. The van der Waals surface area contributed by atoms with Crippen LogP contribution in [0.2, 0.25) is 0 Å². The third-order valence-electron chi connectivity index (χ3n) is 6.90. The lowest BCUT2D eigenvalue weighted by atomic mass is 9.60. The standard InChI is InChI=1S/C16H30N2/c1-14-7-4-5-13(6-8-14)16(3)12-17-11-15(14,2)9-10-18-16/h13,17-18H,4-12H2,1-3H3. The van der Waals surface area contributed by atoms with Gasteiger partial charge in [-0.25, -0.2) is 0 Å².